The van der Waals surface area contributed by atoms with Gasteiger partial charge >= 0.3 is 0 Å². The SMILES string of the molecule is COc1ccc(C2(CN)OC=CO2)cc1. The average molecular weight is 207 g/mol. The van der Waals surface area contributed by atoms with Crippen molar-refractivity contribution in [3.63, 3.8) is 0 Å². The molecule has 1 aromatic rings. The molecule has 0 saturated heterocycles. The van der Waals surface area contributed by atoms with Gasteiger partial charge in [-0.3, -0.25) is 0 Å². The summed E-state index contributed by atoms with van der Waals surface area (Å²) < 4.78 is 15.8. The number of ether oxygens (including phenoxy) is 3. The molecule has 0 atom stereocenters. The van der Waals surface area contributed by atoms with Crippen LogP contribution < -0.4 is 10.5 Å². The smallest absolute Gasteiger partial charge is 0.289 e. The zero-order chi connectivity index (χ0) is 10.7. The minimum atomic E-state index is -0.869. The van der Waals surface area contributed by atoms with Crippen molar-refractivity contribution in [3.8, 4) is 5.75 Å². The van der Waals surface area contributed by atoms with E-state index in [1.54, 1.807) is 7.11 Å². The van der Waals surface area contributed by atoms with E-state index in [1.165, 1.54) is 12.5 Å². The Morgan fingerprint density at radius 3 is 2.27 bits per heavy atom. The largest absolute Gasteiger partial charge is 0.497 e. The van der Waals surface area contributed by atoms with Crippen molar-refractivity contribution in [2.45, 2.75) is 5.79 Å². The fourth-order valence-electron chi connectivity index (χ4n) is 1.50. The summed E-state index contributed by atoms with van der Waals surface area (Å²) in [5, 5.41) is 0. The van der Waals surface area contributed by atoms with E-state index in [0.717, 1.165) is 11.3 Å². The third-order valence-corrected chi connectivity index (χ3v) is 2.37. The molecule has 4 nitrogen and oxygen atoms in total. The van der Waals surface area contributed by atoms with E-state index in [2.05, 4.69) is 0 Å². The van der Waals surface area contributed by atoms with Crippen LogP contribution >= 0.6 is 0 Å². The van der Waals surface area contributed by atoms with E-state index in [9.17, 15) is 0 Å². The van der Waals surface area contributed by atoms with Gasteiger partial charge in [-0.15, -0.1) is 0 Å². The van der Waals surface area contributed by atoms with Gasteiger partial charge in [0.1, 0.15) is 18.3 Å². The quantitative estimate of drug-likeness (QED) is 0.812. The second kappa shape index (κ2) is 3.82. The maximum absolute atomic E-state index is 5.65. The lowest BCUT2D eigenvalue weighted by atomic mass is 10.1. The fourth-order valence-corrected chi connectivity index (χ4v) is 1.50. The van der Waals surface area contributed by atoms with Gasteiger partial charge in [0.2, 0.25) is 0 Å². The van der Waals surface area contributed by atoms with Crippen molar-refractivity contribution in [2.75, 3.05) is 13.7 Å². The molecule has 1 heterocycles. The first kappa shape index (κ1) is 9.86. The van der Waals surface area contributed by atoms with Gasteiger partial charge in [0.15, 0.2) is 0 Å². The van der Waals surface area contributed by atoms with Crippen molar-refractivity contribution >= 4 is 0 Å². The lowest BCUT2D eigenvalue weighted by Gasteiger charge is -2.26. The van der Waals surface area contributed by atoms with Gasteiger partial charge in [0, 0.05) is 5.56 Å². The van der Waals surface area contributed by atoms with Crippen LogP contribution in [-0.2, 0) is 15.3 Å². The van der Waals surface area contributed by atoms with Crippen LogP contribution in [0.2, 0.25) is 0 Å². The van der Waals surface area contributed by atoms with Gasteiger partial charge in [0.25, 0.3) is 5.79 Å². The highest BCUT2D eigenvalue weighted by Gasteiger charge is 2.36. The number of benzene rings is 1. The third kappa shape index (κ3) is 1.64. The molecule has 0 amide bonds. The predicted octanol–water partition coefficient (Wildman–Crippen LogP) is 1.32. The van der Waals surface area contributed by atoms with Crippen molar-refractivity contribution < 1.29 is 14.2 Å². The molecule has 1 aliphatic heterocycles. The Balaban J connectivity index is 2.27. The van der Waals surface area contributed by atoms with Gasteiger partial charge in [-0.25, -0.2) is 0 Å². The number of hydrogen-bond acceptors (Lipinski definition) is 4. The summed E-state index contributed by atoms with van der Waals surface area (Å²) in [4.78, 5) is 0. The first-order valence-corrected chi connectivity index (χ1v) is 4.66. The lowest BCUT2D eigenvalue weighted by molar-refractivity contribution is -0.140. The van der Waals surface area contributed by atoms with Gasteiger partial charge in [-0.05, 0) is 24.3 Å². The van der Waals surface area contributed by atoms with Crippen molar-refractivity contribution in [2.24, 2.45) is 5.73 Å². The van der Waals surface area contributed by atoms with Crippen LogP contribution in [0.1, 0.15) is 5.56 Å². The van der Waals surface area contributed by atoms with Crippen LogP contribution in [0.3, 0.4) is 0 Å². The second-order valence-electron chi connectivity index (χ2n) is 3.19. The molecule has 4 heteroatoms. The number of nitrogens with two attached hydrogens (primary N) is 1. The predicted molar refractivity (Wildman–Crippen MR) is 55.0 cm³/mol. The Hall–Kier alpha value is -1.68. The maximum Gasteiger partial charge on any atom is 0.289 e. The molecule has 0 aliphatic carbocycles. The van der Waals surface area contributed by atoms with E-state index in [1.807, 2.05) is 24.3 Å². The van der Waals surface area contributed by atoms with E-state index < -0.39 is 5.79 Å². The standard InChI is InChI=1S/C11H13NO3/c1-13-10-4-2-9(3-5-10)11(8-12)14-6-7-15-11/h2-7H,8,12H2,1H3. The zero-order valence-electron chi connectivity index (χ0n) is 8.47. The first-order chi connectivity index (χ1) is 7.30. The Kier molecular flexibility index (Phi) is 2.51. The highest BCUT2D eigenvalue weighted by molar-refractivity contribution is 5.30. The van der Waals surface area contributed by atoms with E-state index in [-0.39, 0.29) is 6.54 Å². The van der Waals surface area contributed by atoms with Crippen LogP contribution in [0.5, 0.6) is 5.75 Å². The summed E-state index contributed by atoms with van der Waals surface area (Å²) in [6, 6.07) is 7.44. The summed E-state index contributed by atoms with van der Waals surface area (Å²) >= 11 is 0. The molecular formula is C11H13NO3. The molecule has 0 spiro atoms. The van der Waals surface area contributed by atoms with Crippen molar-refractivity contribution in [1.29, 1.82) is 0 Å². The second-order valence-corrected chi connectivity index (χ2v) is 3.19. The minimum Gasteiger partial charge on any atom is -0.497 e. The Bertz CT molecular complexity index is 351. The van der Waals surface area contributed by atoms with E-state index >= 15 is 0 Å². The summed E-state index contributed by atoms with van der Waals surface area (Å²) in [7, 11) is 1.62. The van der Waals surface area contributed by atoms with Crippen LogP contribution in [-0.4, -0.2) is 13.7 Å². The normalized spacial score (nSPS) is 16.9. The summed E-state index contributed by atoms with van der Waals surface area (Å²) in [6.45, 7) is 0.256. The molecule has 0 radical (unpaired) electrons. The molecule has 0 aromatic heterocycles. The molecule has 0 unspecified atom stereocenters. The molecule has 1 aliphatic rings. The molecular weight excluding hydrogens is 194 g/mol. The molecule has 1 aromatic carbocycles. The molecule has 15 heavy (non-hydrogen) atoms. The number of rotatable bonds is 3. The van der Waals surface area contributed by atoms with Crippen molar-refractivity contribution in [3.05, 3.63) is 42.4 Å². The zero-order valence-corrected chi connectivity index (χ0v) is 8.47. The van der Waals surface area contributed by atoms with Gasteiger partial charge in [0.05, 0.1) is 13.7 Å². The summed E-state index contributed by atoms with van der Waals surface area (Å²) in [5.74, 6) is -0.0800. The Morgan fingerprint density at radius 2 is 1.80 bits per heavy atom. The third-order valence-electron chi connectivity index (χ3n) is 2.37. The number of methoxy groups -OCH3 is 1. The van der Waals surface area contributed by atoms with Gasteiger partial charge in [-0.2, -0.15) is 0 Å². The fraction of sp³-hybridized carbons (Fsp3) is 0.273. The van der Waals surface area contributed by atoms with Crippen LogP contribution in [0.4, 0.5) is 0 Å². The van der Waals surface area contributed by atoms with Gasteiger partial charge < -0.3 is 19.9 Å². The van der Waals surface area contributed by atoms with Crippen LogP contribution in [0.25, 0.3) is 0 Å². The molecule has 2 N–H and O–H groups in total. The minimum absolute atomic E-state index is 0.256. The Labute approximate surface area is 88.2 Å². The first-order valence-electron chi connectivity index (χ1n) is 4.66. The summed E-state index contributed by atoms with van der Waals surface area (Å²) in [5.41, 5.74) is 6.52. The van der Waals surface area contributed by atoms with E-state index in [4.69, 9.17) is 19.9 Å². The van der Waals surface area contributed by atoms with Gasteiger partial charge in [-0.1, -0.05) is 0 Å². The van der Waals surface area contributed by atoms with E-state index in [0.29, 0.717) is 0 Å². The molecule has 2 rings (SSSR count). The maximum atomic E-state index is 5.65. The topological polar surface area (TPSA) is 53.7 Å². The molecule has 80 valence electrons. The highest BCUT2D eigenvalue weighted by Crippen LogP contribution is 2.31. The highest BCUT2D eigenvalue weighted by atomic mass is 16.7. The Morgan fingerprint density at radius 1 is 1.20 bits per heavy atom. The lowest BCUT2D eigenvalue weighted by Crippen LogP contribution is -2.35. The van der Waals surface area contributed by atoms with Crippen LogP contribution in [0.15, 0.2) is 36.8 Å². The number of hydrogen-bond donors (Lipinski definition) is 1. The van der Waals surface area contributed by atoms with Crippen LogP contribution in [0, 0.1) is 0 Å². The molecule has 0 saturated carbocycles. The summed E-state index contributed by atoms with van der Waals surface area (Å²) in [6.07, 6.45) is 2.99. The molecule has 0 bridgehead atoms. The monoisotopic (exact) mass is 207 g/mol. The molecule has 0 fully saturated rings. The van der Waals surface area contributed by atoms with Crippen molar-refractivity contribution in [1.82, 2.24) is 0 Å². The average Bonchev–Trinajstić information content (AvgIpc) is 2.79.